The second kappa shape index (κ2) is 4.65. The van der Waals surface area contributed by atoms with E-state index in [1.54, 1.807) is 12.3 Å². The number of methoxy groups -OCH3 is 1. The van der Waals surface area contributed by atoms with Crippen LogP contribution in [0.1, 0.15) is 5.56 Å². The molecule has 0 aliphatic heterocycles. The topological polar surface area (TPSA) is 83.0 Å². The van der Waals surface area contributed by atoms with E-state index in [9.17, 15) is 4.79 Å². The van der Waals surface area contributed by atoms with E-state index in [2.05, 4.69) is 10.1 Å². The molecular formula is C11H12N4O2. The average molecular weight is 232 g/mol. The number of pyridine rings is 1. The summed E-state index contributed by atoms with van der Waals surface area (Å²) >= 11 is 0. The van der Waals surface area contributed by atoms with Gasteiger partial charge in [-0.05, 0) is 12.1 Å². The molecule has 2 aromatic rings. The predicted molar refractivity (Wildman–Crippen MR) is 62.8 cm³/mol. The second-order valence-corrected chi connectivity index (χ2v) is 3.43. The molecule has 2 aromatic heterocycles. The van der Waals surface area contributed by atoms with E-state index in [-0.39, 0.29) is 12.1 Å². The smallest absolute Gasteiger partial charge is 0.267 e. The Morgan fingerprint density at radius 1 is 1.41 bits per heavy atom. The first-order chi connectivity index (χ1) is 8.20. The Bertz CT molecular complexity index is 580. The summed E-state index contributed by atoms with van der Waals surface area (Å²) in [5.41, 5.74) is 6.09. The summed E-state index contributed by atoms with van der Waals surface area (Å²) in [7, 11) is 1.53. The predicted octanol–water partition coefficient (Wildman–Crippen LogP) is 0.277. The van der Waals surface area contributed by atoms with Gasteiger partial charge in [0.15, 0.2) is 0 Å². The van der Waals surface area contributed by atoms with E-state index in [0.29, 0.717) is 11.7 Å². The molecular weight excluding hydrogens is 220 g/mol. The number of nitrogens with two attached hydrogens (primary N) is 1. The molecule has 0 atom stereocenters. The lowest BCUT2D eigenvalue weighted by Crippen LogP contribution is -2.23. The largest absolute Gasteiger partial charge is 0.481 e. The fourth-order valence-electron chi connectivity index (χ4n) is 1.47. The molecule has 6 heteroatoms. The number of rotatable bonds is 3. The van der Waals surface area contributed by atoms with Crippen LogP contribution in [0.25, 0.3) is 0 Å². The maximum atomic E-state index is 11.6. The van der Waals surface area contributed by atoms with Crippen molar-refractivity contribution in [3.8, 4) is 5.88 Å². The number of hydrogen-bond donors (Lipinski definition) is 1. The van der Waals surface area contributed by atoms with E-state index in [1.807, 2.05) is 6.07 Å². The minimum atomic E-state index is -0.217. The van der Waals surface area contributed by atoms with Crippen molar-refractivity contribution in [1.29, 1.82) is 0 Å². The Kier molecular flexibility index (Phi) is 3.04. The lowest BCUT2D eigenvalue weighted by atomic mass is 10.2. The molecule has 0 aliphatic rings. The minimum Gasteiger partial charge on any atom is -0.481 e. The SMILES string of the molecule is COc1ncccc1Cn1nc(N)ccc1=O. The number of nitrogens with zero attached hydrogens (tertiary/aromatic N) is 3. The number of nitrogen functional groups attached to an aromatic ring is 1. The van der Waals surface area contributed by atoms with Crippen LogP contribution in [0.2, 0.25) is 0 Å². The third-order valence-corrected chi connectivity index (χ3v) is 2.25. The quantitative estimate of drug-likeness (QED) is 0.821. The molecule has 2 heterocycles. The first kappa shape index (κ1) is 11.1. The molecule has 0 fully saturated rings. The third kappa shape index (κ3) is 2.41. The van der Waals surface area contributed by atoms with E-state index < -0.39 is 0 Å². The summed E-state index contributed by atoms with van der Waals surface area (Å²) in [6, 6.07) is 6.45. The summed E-state index contributed by atoms with van der Waals surface area (Å²) in [6.07, 6.45) is 1.62. The van der Waals surface area contributed by atoms with Crippen LogP contribution in [0.3, 0.4) is 0 Å². The zero-order valence-electron chi connectivity index (χ0n) is 9.33. The van der Waals surface area contributed by atoms with Gasteiger partial charge in [-0.2, -0.15) is 5.10 Å². The van der Waals surface area contributed by atoms with Crippen molar-refractivity contribution in [2.75, 3.05) is 12.8 Å². The van der Waals surface area contributed by atoms with Crippen molar-refractivity contribution in [3.63, 3.8) is 0 Å². The highest BCUT2D eigenvalue weighted by molar-refractivity contribution is 5.27. The van der Waals surface area contributed by atoms with Crippen LogP contribution in [-0.2, 0) is 6.54 Å². The van der Waals surface area contributed by atoms with Gasteiger partial charge in [0.05, 0.1) is 13.7 Å². The Morgan fingerprint density at radius 3 is 3.00 bits per heavy atom. The number of hydrogen-bond acceptors (Lipinski definition) is 5. The summed E-state index contributed by atoms with van der Waals surface area (Å²) < 4.78 is 6.37. The van der Waals surface area contributed by atoms with Crippen LogP contribution >= 0.6 is 0 Å². The maximum absolute atomic E-state index is 11.6. The molecule has 0 amide bonds. The zero-order valence-corrected chi connectivity index (χ0v) is 9.33. The second-order valence-electron chi connectivity index (χ2n) is 3.43. The number of ether oxygens (including phenoxy) is 1. The van der Waals surface area contributed by atoms with Gasteiger partial charge < -0.3 is 10.5 Å². The van der Waals surface area contributed by atoms with E-state index in [0.717, 1.165) is 5.56 Å². The first-order valence-electron chi connectivity index (χ1n) is 5.02. The average Bonchev–Trinajstić information content (AvgIpc) is 2.34. The van der Waals surface area contributed by atoms with Gasteiger partial charge in [-0.1, -0.05) is 6.07 Å². The maximum Gasteiger partial charge on any atom is 0.267 e. The molecule has 2 N–H and O–H groups in total. The van der Waals surface area contributed by atoms with E-state index in [4.69, 9.17) is 10.5 Å². The van der Waals surface area contributed by atoms with Gasteiger partial charge in [-0.25, -0.2) is 9.67 Å². The molecule has 0 bridgehead atoms. The van der Waals surface area contributed by atoms with Crippen LogP contribution in [0.5, 0.6) is 5.88 Å². The van der Waals surface area contributed by atoms with Crippen LogP contribution in [0.4, 0.5) is 5.82 Å². The molecule has 2 rings (SSSR count). The van der Waals surface area contributed by atoms with Gasteiger partial charge in [-0.3, -0.25) is 4.79 Å². The summed E-state index contributed by atoms with van der Waals surface area (Å²) in [6.45, 7) is 0.279. The van der Waals surface area contributed by atoms with Gasteiger partial charge in [-0.15, -0.1) is 0 Å². The molecule has 6 nitrogen and oxygen atoms in total. The van der Waals surface area contributed by atoms with Crippen molar-refractivity contribution >= 4 is 5.82 Å². The summed E-state index contributed by atoms with van der Waals surface area (Å²) in [5.74, 6) is 0.774. The standard InChI is InChI=1S/C11H12N4O2/c1-17-11-8(3-2-6-13-11)7-15-10(16)5-4-9(12)14-15/h2-6H,7H2,1H3,(H2,12,14). The molecule has 0 spiro atoms. The number of anilines is 1. The molecule has 0 aromatic carbocycles. The molecule has 0 saturated carbocycles. The highest BCUT2D eigenvalue weighted by atomic mass is 16.5. The third-order valence-electron chi connectivity index (χ3n) is 2.25. The molecule has 0 aliphatic carbocycles. The monoisotopic (exact) mass is 232 g/mol. The van der Waals surface area contributed by atoms with Crippen molar-refractivity contribution < 1.29 is 4.74 Å². The molecule has 0 radical (unpaired) electrons. The highest BCUT2D eigenvalue weighted by Gasteiger charge is 2.06. The van der Waals surface area contributed by atoms with Gasteiger partial charge in [0, 0.05) is 17.8 Å². The van der Waals surface area contributed by atoms with Gasteiger partial charge in [0.2, 0.25) is 5.88 Å². The Labute approximate surface area is 97.7 Å². The minimum absolute atomic E-state index is 0.217. The Balaban J connectivity index is 2.37. The van der Waals surface area contributed by atoms with Crippen LogP contribution < -0.4 is 16.0 Å². The van der Waals surface area contributed by atoms with Crippen LogP contribution in [0.15, 0.2) is 35.3 Å². The summed E-state index contributed by atoms with van der Waals surface area (Å²) in [4.78, 5) is 15.6. The van der Waals surface area contributed by atoms with E-state index in [1.165, 1.54) is 23.9 Å². The molecule has 88 valence electrons. The van der Waals surface area contributed by atoms with Gasteiger partial charge in [0.25, 0.3) is 5.56 Å². The van der Waals surface area contributed by atoms with Crippen molar-refractivity contribution in [3.05, 3.63) is 46.4 Å². The number of aromatic nitrogens is 3. The molecule has 0 saturated heterocycles. The van der Waals surface area contributed by atoms with Crippen molar-refractivity contribution in [1.82, 2.24) is 14.8 Å². The Hall–Kier alpha value is -2.37. The normalized spacial score (nSPS) is 10.2. The highest BCUT2D eigenvalue weighted by Crippen LogP contribution is 2.13. The van der Waals surface area contributed by atoms with Crippen LogP contribution in [0, 0.1) is 0 Å². The lowest BCUT2D eigenvalue weighted by molar-refractivity contribution is 0.389. The Morgan fingerprint density at radius 2 is 2.24 bits per heavy atom. The van der Waals surface area contributed by atoms with Gasteiger partial charge >= 0.3 is 0 Å². The van der Waals surface area contributed by atoms with Gasteiger partial charge in [0.1, 0.15) is 5.82 Å². The van der Waals surface area contributed by atoms with E-state index >= 15 is 0 Å². The van der Waals surface area contributed by atoms with Crippen molar-refractivity contribution in [2.24, 2.45) is 0 Å². The molecule has 17 heavy (non-hydrogen) atoms. The van der Waals surface area contributed by atoms with Crippen LogP contribution in [-0.4, -0.2) is 21.9 Å². The lowest BCUT2D eigenvalue weighted by Gasteiger charge is -2.08. The zero-order chi connectivity index (χ0) is 12.3. The summed E-state index contributed by atoms with van der Waals surface area (Å²) in [5, 5.41) is 3.94. The fourth-order valence-corrected chi connectivity index (χ4v) is 1.47. The molecule has 0 unspecified atom stereocenters. The fraction of sp³-hybridized carbons (Fsp3) is 0.182. The first-order valence-corrected chi connectivity index (χ1v) is 5.02. The van der Waals surface area contributed by atoms with Crippen molar-refractivity contribution in [2.45, 2.75) is 6.54 Å².